The van der Waals surface area contributed by atoms with Crippen LogP contribution in [0.4, 0.5) is 9.52 Å². The molecule has 0 N–H and O–H groups in total. The molecule has 0 aliphatic carbocycles. The van der Waals surface area contributed by atoms with E-state index >= 15 is 0 Å². The second-order valence-electron chi connectivity index (χ2n) is 7.05. The summed E-state index contributed by atoms with van der Waals surface area (Å²) in [5.74, 6) is 0.221. The van der Waals surface area contributed by atoms with Crippen LogP contribution in [0.3, 0.4) is 0 Å². The maximum Gasteiger partial charge on any atom is 0.243 e. The van der Waals surface area contributed by atoms with E-state index in [1.54, 1.807) is 14.0 Å². The molecule has 4 rings (SSSR count). The fraction of sp³-hybridized carbons (Fsp3) is 0.286. The second-order valence-corrected chi connectivity index (χ2v) is 9.79. The van der Waals surface area contributed by atoms with Gasteiger partial charge in [0.2, 0.25) is 10.0 Å². The predicted molar refractivity (Wildman–Crippen MR) is 116 cm³/mol. The number of benzene rings is 2. The molecule has 158 valence electrons. The zero-order chi connectivity index (χ0) is 21.3. The second kappa shape index (κ2) is 8.33. The first-order valence-electron chi connectivity index (χ1n) is 9.50. The third-order valence-corrected chi connectivity index (χ3v) is 8.08. The molecule has 6 nitrogen and oxygen atoms in total. The first-order valence-corrected chi connectivity index (χ1v) is 11.8. The minimum absolute atomic E-state index is 0.0329. The lowest BCUT2D eigenvalue weighted by molar-refractivity contribution is 0.384. The van der Waals surface area contributed by atoms with Gasteiger partial charge in [-0.05, 0) is 36.8 Å². The number of hydrogen-bond donors (Lipinski definition) is 0. The highest BCUT2D eigenvalue weighted by Crippen LogP contribution is 2.30. The van der Waals surface area contributed by atoms with Crippen molar-refractivity contribution in [2.75, 3.05) is 38.2 Å². The Labute approximate surface area is 179 Å². The van der Waals surface area contributed by atoms with Crippen molar-refractivity contribution in [3.63, 3.8) is 0 Å². The molecular formula is C21H22FN3O3S2. The minimum atomic E-state index is -3.73. The van der Waals surface area contributed by atoms with E-state index in [2.05, 4.69) is 4.90 Å². The monoisotopic (exact) mass is 447 g/mol. The van der Waals surface area contributed by atoms with Gasteiger partial charge < -0.3 is 9.64 Å². The van der Waals surface area contributed by atoms with Gasteiger partial charge in [-0.2, -0.15) is 4.31 Å². The number of anilines is 1. The van der Waals surface area contributed by atoms with E-state index in [9.17, 15) is 12.8 Å². The smallest absolute Gasteiger partial charge is 0.243 e. The van der Waals surface area contributed by atoms with E-state index in [4.69, 9.17) is 9.72 Å². The minimum Gasteiger partial charge on any atom is -0.497 e. The van der Waals surface area contributed by atoms with Crippen molar-refractivity contribution in [1.82, 2.24) is 9.29 Å². The van der Waals surface area contributed by atoms with E-state index in [0.717, 1.165) is 28.2 Å². The van der Waals surface area contributed by atoms with Crippen LogP contribution in [0.5, 0.6) is 5.75 Å². The zero-order valence-corrected chi connectivity index (χ0v) is 18.3. The van der Waals surface area contributed by atoms with E-state index < -0.39 is 15.8 Å². The molecule has 1 aliphatic heterocycles. The Balaban J connectivity index is 1.47. The summed E-state index contributed by atoms with van der Waals surface area (Å²) in [6.07, 6.45) is 0. The molecule has 0 bridgehead atoms. The summed E-state index contributed by atoms with van der Waals surface area (Å²) in [4.78, 5) is 6.84. The van der Waals surface area contributed by atoms with Gasteiger partial charge in [0.25, 0.3) is 0 Å². The lowest BCUT2D eigenvalue weighted by Gasteiger charge is -2.34. The van der Waals surface area contributed by atoms with Crippen LogP contribution in [-0.2, 0) is 10.0 Å². The highest BCUT2D eigenvalue weighted by atomic mass is 32.2. The number of ether oxygens (including phenoxy) is 1. The molecule has 0 unspecified atom stereocenters. The van der Waals surface area contributed by atoms with Crippen molar-refractivity contribution >= 4 is 26.5 Å². The summed E-state index contributed by atoms with van der Waals surface area (Å²) < 4.78 is 46.2. The molecule has 2 heterocycles. The van der Waals surface area contributed by atoms with Gasteiger partial charge in [-0.25, -0.2) is 17.8 Å². The highest BCUT2D eigenvalue weighted by molar-refractivity contribution is 7.89. The SMILES string of the molecule is COc1cccc(-c2csc(N3CCN(S(=O)(=O)c4cc(F)ccc4C)CC3)n2)c1. The van der Waals surface area contributed by atoms with Crippen molar-refractivity contribution in [3.8, 4) is 17.0 Å². The normalized spacial score (nSPS) is 15.4. The number of halogens is 1. The summed E-state index contributed by atoms with van der Waals surface area (Å²) in [7, 11) is -2.10. The number of thiazole rings is 1. The fourth-order valence-corrected chi connectivity index (χ4v) is 5.98. The lowest BCUT2D eigenvalue weighted by atomic mass is 10.2. The number of methoxy groups -OCH3 is 1. The Bertz CT molecular complexity index is 1160. The van der Waals surface area contributed by atoms with Crippen molar-refractivity contribution in [3.05, 3.63) is 59.2 Å². The third-order valence-electron chi connectivity index (χ3n) is 5.13. The Kier molecular flexibility index (Phi) is 5.77. The summed E-state index contributed by atoms with van der Waals surface area (Å²) in [5, 5.41) is 2.84. The van der Waals surface area contributed by atoms with Gasteiger partial charge in [0, 0.05) is 37.1 Å². The summed E-state index contributed by atoms with van der Waals surface area (Å²) >= 11 is 1.53. The van der Waals surface area contributed by atoms with E-state index in [0.29, 0.717) is 31.7 Å². The molecular weight excluding hydrogens is 425 g/mol. The molecule has 1 aromatic heterocycles. The Morgan fingerprint density at radius 2 is 1.87 bits per heavy atom. The van der Waals surface area contributed by atoms with Gasteiger partial charge in [-0.15, -0.1) is 11.3 Å². The van der Waals surface area contributed by atoms with Crippen LogP contribution in [0.1, 0.15) is 5.56 Å². The maximum atomic E-state index is 13.6. The van der Waals surface area contributed by atoms with E-state index in [-0.39, 0.29) is 4.90 Å². The van der Waals surface area contributed by atoms with Crippen molar-refractivity contribution in [1.29, 1.82) is 0 Å². The Hall–Kier alpha value is -2.49. The lowest BCUT2D eigenvalue weighted by Crippen LogP contribution is -2.48. The number of aromatic nitrogens is 1. The average Bonchev–Trinajstić information content (AvgIpc) is 3.26. The average molecular weight is 448 g/mol. The molecule has 0 spiro atoms. The Morgan fingerprint density at radius 1 is 1.10 bits per heavy atom. The largest absolute Gasteiger partial charge is 0.497 e. The summed E-state index contributed by atoms with van der Waals surface area (Å²) in [6.45, 7) is 3.38. The van der Waals surface area contributed by atoms with Crippen LogP contribution in [0.2, 0.25) is 0 Å². The first-order chi connectivity index (χ1) is 14.4. The number of aryl methyl sites for hydroxylation is 1. The van der Waals surface area contributed by atoms with Crippen LogP contribution in [0.15, 0.2) is 52.7 Å². The van der Waals surface area contributed by atoms with Crippen molar-refractivity contribution < 1.29 is 17.5 Å². The van der Waals surface area contributed by atoms with E-state index in [1.165, 1.54) is 27.8 Å². The van der Waals surface area contributed by atoms with Crippen LogP contribution >= 0.6 is 11.3 Å². The van der Waals surface area contributed by atoms with Crippen LogP contribution < -0.4 is 9.64 Å². The maximum absolute atomic E-state index is 13.6. The van der Waals surface area contributed by atoms with E-state index in [1.807, 2.05) is 29.6 Å². The third kappa shape index (κ3) is 4.05. The van der Waals surface area contributed by atoms with Gasteiger partial charge in [-0.1, -0.05) is 18.2 Å². The number of nitrogens with zero attached hydrogens (tertiary/aromatic N) is 3. The van der Waals surface area contributed by atoms with Crippen molar-refractivity contribution in [2.24, 2.45) is 0 Å². The molecule has 1 fully saturated rings. The van der Waals surface area contributed by atoms with Gasteiger partial charge in [0.15, 0.2) is 5.13 Å². The summed E-state index contributed by atoms with van der Waals surface area (Å²) in [6, 6.07) is 11.6. The molecule has 30 heavy (non-hydrogen) atoms. The zero-order valence-electron chi connectivity index (χ0n) is 16.7. The summed E-state index contributed by atoms with van der Waals surface area (Å²) in [5.41, 5.74) is 2.38. The van der Waals surface area contributed by atoms with Gasteiger partial charge in [0.05, 0.1) is 17.7 Å². The highest BCUT2D eigenvalue weighted by Gasteiger charge is 2.30. The van der Waals surface area contributed by atoms with Crippen LogP contribution in [0, 0.1) is 12.7 Å². The van der Waals surface area contributed by atoms with Crippen LogP contribution in [0.25, 0.3) is 11.3 Å². The Morgan fingerprint density at radius 3 is 2.60 bits per heavy atom. The molecule has 0 saturated carbocycles. The standard InChI is InChI=1S/C21H22FN3O3S2/c1-15-6-7-17(22)13-20(15)30(26,27)25-10-8-24(9-11-25)21-23-19(14-29-21)16-4-3-5-18(12-16)28-2/h3-7,12-14H,8-11H2,1-2H3. The number of hydrogen-bond acceptors (Lipinski definition) is 6. The van der Waals surface area contributed by atoms with Crippen LogP contribution in [-0.4, -0.2) is 51.0 Å². The topological polar surface area (TPSA) is 62.7 Å². The predicted octanol–water partition coefficient (Wildman–Crippen LogP) is 3.78. The number of piperazine rings is 1. The number of sulfonamides is 1. The van der Waals surface area contributed by atoms with Crippen molar-refractivity contribution in [2.45, 2.75) is 11.8 Å². The number of rotatable bonds is 5. The molecule has 0 atom stereocenters. The first kappa shape index (κ1) is 20.8. The molecule has 1 saturated heterocycles. The molecule has 3 aromatic rings. The quantitative estimate of drug-likeness (QED) is 0.596. The fourth-order valence-electron chi connectivity index (χ4n) is 3.44. The molecule has 2 aromatic carbocycles. The molecule has 9 heteroatoms. The van der Waals surface area contributed by atoms with Gasteiger partial charge in [-0.3, -0.25) is 0 Å². The van der Waals surface area contributed by atoms with Gasteiger partial charge >= 0.3 is 0 Å². The molecule has 0 amide bonds. The molecule has 0 radical (unpaired) electrons. The molecule has 1 aliphatic rings. The van der Waals surface area contributed by atoms with Gasteiger partial charge in [0.1, 0.15) is 11.6 Å².